The fourth-order valence-electron chi connectivity index (χ4n) is 1.80. The number of halogens is 2. The summed E-state index contributed by atoms with van der Waals surface area (Å²) in [5.74, 6) is -0.319. The van der Waals surface area contributed by atoms with Crippen LogP contribution in [0.3, 0.4) is 0 Å². The number of nitrogens with one attached hydrogen (secondary N) is 1. The number of carbonyl (C=O) groups is 2. The first kappa shape index (κ1) is 18.8. The van der Waals surface area contributed by atoms with Gasteiger partial charge in [-0.15, -0.1) is 0 Å². The van der Waals surface area contributed by atoms with E-state index in [0.29, 0.717) is 16.6 Å². The Kier molecular flexibility index (Phi) is 6.27. The minimum atomic E-state index is -0.584. The van der Waals surface area contributed by atoms with Crippen molar-refractivity contribution in [2.24, 2.45) is 5.41 Å². The zero-order valence-corrected chi connectivity index (χ0v) is 15.0. The van der Waals surface area contributed by atoms with Crippen molar-refractivity contribution in [3.63, 3.8) is 0 Å². The minimum Gasteiger partial charge on any atom is -0.344 e. The molecule has 1 rings (SSSR count). The minimum absolute atomic E-state index is 0.156. The van der Waals surface area contributed by atoms with Crippen LogP contribution >= 0.6 is 23.2 Å². The van der Waals surface area contributed by atoms with Crippen LogP contribution in [0.15, 0.2) is 18.2 Å². The van der Waals surface area contributed by atoms with E-state index in [1.165, 1.54) is 0 Å². The highest BCUT2D eigenvalue weighted by Gasteiger charge is 2.26. The van der Waals surface area contributed by atoms with E-state index in [1.54, 1.807) is 51.8 Å². The Morgan fingerprint density at radius 3 is 2.32 bits per heavy atom. The Hall–Kier alpha value is -1.26. The number of benzene rings is 1. The second-order valence-corrected chi connectivity index (χ2v) is 7.20. The maximum atomic E-state index is 12.3. The van der Waals surface area contributed by atoms with Crippen molar-refractivity contribution in [3.8, 4) is 0 Å². The summed E-state index contributed by atoms with van der Waals surface area (Å²) < 4.78 is 0. The van der Waals surface area contributed by atoms with E-state index in [4.69, 9.17) is 23.2 Å². The predicted molar refractivity (Wildman–Crippen MR) is 90.0 cm³/mol. The second kappa shape index (κ2) is 7.34. The molecule has 1 N–H and O–H groups in total. The normalized spacial score (nSPS) is 12.7. The summed E-state index contributed by atoms with van der Waals surface area (Å²) in [6.07, 6.45) is 0. The van der Waals surface area contributed by atoms with Crippen molar-refractivity contribution in [2.45, 2.75) is 40.3 Å². The largest absolute Gasteiger partial charge is 0.344 e. The molecule has 0 aliphatic heterocycles. The molecule has 1 unspecified atom stereocenters. The fourth-order valence-corrected chi connectivity index (χ4v) is 2.12. The zero-order valence-electron chi connectivity index (χ0n) is 13.5. The van der Waals surface area contributed by atoms with E-state index in [-0.39, 0.29) is 11.8 Å². The Morgan fingerprint density at radius 2 is 1.82 bits per heavy atom. The molecular formula is C16H22Cl2N2O2. The summed E-state index contributed by atoms with van der Waals surface area (Å²) >= 11 is 11.8. The predicted octanol–water partition coefficient (Wildman–Crippen LogP) is 3.50. The summed E-state index contributed by atoms with van der Waals surface area (Å²) in [6, 6.07) is 4.66. The number of nitrogens with zero attached hydrogens (tertiary/aromatic N) is 1. The molecule has 0 aliphatic carbocycles. The first-order chi connectivity index (χ1) is 10.0. The standard InChI is InChI=1S/C16H22Cl2N2O2/c1-10(19-15(22)16(2,3)4)14(21)20(5)9-11-6-7-12(17)13(18)8-11/h6-8,10H,9H2,1-5H3,(H,19,22). The molecule has 1 aromatic carbocycles. The lowest BCUT2D eigenvalue weighted by molar-refractivity contribution is -0.137. The fraction of sp³-hybridized carbons (Fsp3) is 0.500. The van der Waals surface area contributed by atoms with Crippen LogP contribution in [0.1, 0.15) is 33.3 Å². The third-order valence-electron chi connectivity index (χ3n) is 3.18. The summed E-state index contributed by atoms with van der Waals surface area (Å²) in [7, 11) is 1.69. The van der Waals surface area contributed by atoms with Crippen LogP contribution in [0.5, 0.6) is 0 Å². The number of hydrogen-bond donors (Lipinski definition) is 1. The first-order valence-electron chi connectivity index (χ1n) is 7.02. The third-order valence-corrected chi connectivity index (χ3v) is 3.92. The van der Waals surface area contributed by atoms with Crippen molar-refractivity contribution >= 4 is 35.0 Å². The molecule has 4 nitrogen and oxygen atoms in total. The van der Waals surface area contributed by atoms with Crippen molar-refractivity contribution in [1.29, 1.82) is 0 Å². The molecule has 0 spiro atoms. The van der Waals surface area contributed by atoms with Gasteiger partial charge in [0, 0.05) is 19.0 Å². The van der Waals surface area contributed by atoms with Crippen LogP contribution in [0.2, 0.25) is 10.0 Å². The number of likely N-dealkylation sites (N-methyl/N-ethyl adjacent to an activating group) is 1. The SMILES string of the molecule is CC(NC(=O)C(C)(C)C)C(=O)N(C)Cc1ccc(Cl)c(Cl)c1. The van der Waals surface area contributed by atoms with Gasteiger partial charge in [0.15, 0.2) is 0 Å². The van der Waals surface area contributed by atoms with Gasteiger partial charge in [-0.25, -0.2) is 0 Å². The molecule has 1 aromatic rings. The summed E-state index contributed by atoms with van der Waals surface area (Å²) in [4.78, 5) is 25.8. The van der Waals surface area contributed by atoms with E-state index in [2.05, 4.69) is 5.32 Å². The lowest BCUT2D eigenvalue weighted by Crippen LogP contribution is -2.48. The third kappa shape index (κ3) is 5.18. The highest BCUT2D eigenvalue weighted by Crippen LogP contribution is 2.23. The van der Waals surface area contributed by atoms with Crippen LogP contribution in [0.4, 0.5) is 0 Å². The van der Waals surface area contributed by atoms with Gasteiger partial charge >= 0.3 is 0 Å². The maximum Gasteiger partial charge on any atom is 0.244 e. The van der Waals surface area contributed by atoms with E-state index in [9.17, 15) is 9.59 Å². The second-order valence-electron chi connectivity index (χ2n) is 6.39. The maximum absolute atomic E-state index is 12.3. The molecule has 2 amide bonds. The molecule has 0 aromatic heterocycles. The average molecular weight is 345 g/mol. The smallest absolute Gasteiger partial charge is 0.244 e. The summed E-state index contributed by atoms with van der Waals surface area (Å²) in [6.45, 7) is 7.49. The molecule has 6 heteroatoms. The van der Waals surface area contributed by atoms with Crippen molar-refractivity contribution in [3.05, 3.63) is 33.8 Å². The number of amides is 2. The van der Waals surface area contributed by atoms with Crippen molar-refractivity contribution in [2.75, 3.05) is 7.05 Å². The molecule has 0 saturated heterocycles. The zero-order chi connectivity index (χ0) is 17.1. The molecule has 0 aliphatic rings. The van der Waals surface area contributed by atoms with Crippen LogP contribution in [0.25, 0.3) is 0 Å². The Balaban J connectivity index is 2.68. The molecule has 1 atom stereocenters. The lowest BCUT2D eigenvalue weighted by Gasteiger charge is -2.25. The summed E-state index contributed by atoms with van der Waals surface area (Å²) in [5.41, 5.74) is 0.344. The van der Waals surface area contributed by atoms with Gasteiger partial charge < -0.3 is 10.2 Å². The molecule has 0 radical (unpaired) electrons. The molecule has 22 heavy (non-hydrogen) atoms. The quantitative estimate of drug-likeness (QED) is 0.908. The molecule has 0 bridgehead atoms. The van der Waals surface area contributed by atoms with E-state index in [1.807, 2.05) is 6.07 Å². The lowest BCUT2D eigenvalue weighted by atomic mass is 9.95. The monoisotopic (exact) mass is 344 g/mol. The van der Waals surface area contributed by atoms with Gasteiger partial charge in [0.2, 0.25) is 11.8 Å². The van der Waals surface area contributed by atoms with E-state index in [0.717, 1.165) is 5.56 Å². The molecule has 0 saturated carbocycles. The topological polar surface area (TPSA) is 49.4 Å². The van der Waals surface area contributed by atoms with Gasteiger partial charge in [-0.05, 0) is 24.6 Å². The van der Waals surface area contributed by atoms with E-state index >= 15 is 0 Å². The highest BCUT2D eigenvalue weighted by atomic mass is 35.5. The van der Waals surface area contributed by atoms with Gasteiger partial charge in [-0.3, -0.25) is 9.59 Å². The number of carbonyl (C=O) groups excluding carboxylic acids is 2. The number of rotatable bonds is 4. The van der Waals surface area contributed by atoms with Crippen LogP contribution in [-0.4, -0.2) is 29.8 Å². The average Bonchev–Trinajstić information content (AvgIpc) is 2.40. The van der Waals surface area contributed by atoms with Crippen LogP contribution < -0.4 is 5.32 Å². The van der Waals surface area contributed by atoms with Gasteiger partial charge in [-0.1, -0.05) is 50.0 Å². The van der Waals surface area contributed by atoms with Gasteiger partial charge in [0.1, 0.15) is 6.04 Å². The Bertz CT molecular complexity index is 568. The molecular weight excluding hydrogens is 323 g/mol. The van der Waals surface area contributed by atoms with Gasteiger partial charge in [0.25, 0.3) is 0 Å². The van der Waals surface area contributed by atoms with Crippen molar-refractivity contribution in [1.82, 2.24) is 10.2 Å². The Labute approximate surface area is 141 Å². The molecule has 0 fully saturated rings. The van der Waals surface area contributed by atoms with Crippen LogP contribution in [-0.2, 0) is 16.1 Å². The molecule has 0 heterocycles. The highest BCUT2D eigenvalue weighted by molar-refractivity contribution is 6.42. The van der Waals surface area contributed by atoms with Gasteiger partial charge in [0.05, 0.1) is 10.0 Å². The van der Waals surface area contributed by atoms with E-state index < -0.39 is 11.5 Å². The number of hydrogen-bond acceptors (Lipinski definition) is 2. The first-order valence-corrected chi connectivity index (χ1v) is 7.78. The molecule has 122 valence electrons. The van der Waals surface area contributed by atoms with Crippen molar-refractivity contribution < 1.29 is 9.59 Å². The van der Waals surface area contributed by atoms with Crippen LogP contribution in [0, 0.1) is 5.41 Å². The summed E-state index contributed by atoms with van der Waals surface area (Å²) in [5, 5.41) is 3.66. The van der Waals surface area contributed by atoms with Gasteiger partial charge in [-0.2, -0.15) is 0 Å². The Morgan fingerprint density at radius 1 is 1.23 bits per heavy atom.